The van der Waals surface area contributed by atoms with Crippen LogP contribution in [0.25, 0.3) is 0 Å². The van der Waals surface area contributed by atoms with E-state index in [2.05, 4.69) is 28.5 Å². The van der Waals surface area contributed by atoms with Gasteiger partial charge in [-0.1, -0.05) is 26.0 Å². The highest BCUT2D eigenvalue weighted by atomic mass is 127. The number of aliphatic carboxylic acids is 1. The fourth-order valence-electron chi connectivity index (χ4n) is 1.96. The van der Waals surface area contributed by atoms with E-state index < -0.39 is 11.4 Å². The zero-order chi connectivity index (χ0) is 16.1. The monoisotopic (exact) mass is 400 g/mol. The number of hydrogen-bond donors (Lipinski definition) is 1. The zero-order valence-electron chi connectivity index (χ0n) is 12.6. The molecule has 114 valence electrons. The van der Waals surface area contributed by atoms with Crippen molar-refractivity contribution in [3.63, 3.8) is 0 Å². The fourth-order valence-corrected chi connectivity index (χ4v) is 2.50. The summed E-state index contributed by atoms with van der Waals surface area (Å²) in [5, 5.41) is 9.59. The molecule has 0 saturated heterocycles. The Hall–Kier alpha value is -1.06. The topological polar surface area (TPSA) is 46.5 Å². The number of hydrogen-bond acceptors (Lipinski definition) is 2. The summed E-state index contributed by atoms with van der Waals surface area (Å²) in [6.07, 6.45) is 5.92. The molecular weight excluding hydrogens is 379 g/mol. The van der Waals surface area contributed by atoms with Crippen LogP contribution in [0.4, 0.5) is 0 Å². The summed E-state index contributed by atoms with van der Waals surface area (Å²) in [7, 11) is 0. The highest BCUT2D eigenvalue weighted by Gasteiger charge is 2.36. The summed E-state index contributed by atoms with van der Waals surface area (Å²) in [6, 6.07) is 7.50. The number of halogens is 1. The Bertz CT molecular complexity index is 545. The number of terminal acetylenes is 1. The lowest BCUT2D eigenvalue weighted by Crippen LogP contribution is -2.38. The SMILES string of the molecule is C#CCC(C)(C)COCC(C)(C(=O)O)c1cccc(I)c1. The first-order chi connectivity index (χ1) is 9.71. The predicted molar refractivity (Wildman–Crippen MR) is 92.2 cm³/mol. The summed E-state index contributed by atoms with van der Waals surface area (Å²) < 4.78 is 6.70. The quantitative estimate of drug-likeness (QED) is 0.561. The molecule has 1 rings (SSSR count). The molecule has 0 amide bonds. The molecule has 0 aliphatic carbocycles. The van der Waals surface area contributed by atoms with Crippen LogP contribution in [0, 0.1) is 21.3 Å². The number of carboxylic acids is 1. The van der Waals surface area contributed by atoms with Gasteiger partial charge in [0, 0.05) is 9.99 Å². The Balaban J connectivity index is 2.84. The molecule has 0 radical (unpaired) electrons. The summed E-state index contributed by atoms with van der Waals surface area (Å²) in [4.78, 5) is 11.7. The number of benzene rings is 1. The van der Waals surface area contributed by atoms with Gasteiger partial charge in [-0.25, -0.2) is 0 Å². The maximum absolute atomic E-state index is 11.7. The molecule has 0 aliphatic rings. The van der Waals surface area contributed by atoms with Crippen molar-refractivity contribution >= 4 is 28.6 Å². The van der Waals surface area contributed by atoms with E-state index in [4.69, 9.17) is 11.2 Å². The van der Waals surface area contributed by atoms with Crippen molar-refractivity contribution in [1.29, 1.82) is 0 Å². The highest BCUT2D eigenvalue weighted by Crippen LogP contribution is 2.28. The second kappa shape index (κ2) is 7.28. The lowest BCUT2D eigenvalue weighted by atomic mass is 9.83. The van der Waals surface area contributed by atoms with Gasteiger partial charge in [-0.2, -0.15) is 0 Å². The molecule has 0 saturated carbocycles. The zero-order valence-corrected chi connectivity index (χ0v) is 14.8. The van der Waals surface area contributed by atoms with Crippen LogP contribution in [0.15, 0.2) is 24.3 Å². The molecule has 1 unspecified atom stereocenters. The third-order valence-corrected chi connectivity index (χ3v) is 4.07. The molecule has 1 aromatic rings. The van der Waals surface area contributed by atoms with Gasteiger partial charge in [0.2, 0.25) is 0 Å². The second-order valence-electron chi connectivity index (χ2n) is 6.19. The molecule has 1 atom stereocenters. The van der Waals surface area contributed by atoms with Gasteiger partial charge < -0.3 is 9.84 Å². The van der Waals surface area contributed by atoms with Crippen molar-refractivity contribution in [2.75, 3.05) is 13.2 Å². The van der Waals surface area contributed by atoms with E-state index in [1.165, 1.54) is 0 Å². The van der Waals surface area contributed by atoms with Gasteiger partial charge in [0.25, 0.3) is 0 Å². The van der Waals surface area contributed by atoms with Gasteiger partial charge in [0.15, 0.2) is 0 Å². The molecule has 0 aromatic heterocycles. The van der Waals surface area contributed by atoms with Crippen LogP contribution in [0.2, 0.25) is 0 Å². The average molecular weight is 400 g/mol. The molecule has 21 heavy (non-hydrogen) atoms. The molecule has 4 heteroatoms. The number of carbonyl (C=O) groups is 1. The Kier molecular flexibility index (Phi) is 6.24. The molecule has 0 fully saturated rings. The molecule has 0 heterocycles. The third-order valence-electron chi connectivity index (χ3n) is 3.40. The first kappa shape index (κ1) is 18.0. The Labute approximate surface area is 140 Å². The van der Waals surface area contributed by atoms with Gasteiger partial charge in [-0.15, -0.1) is 12.3 Å². The van der Waals surface area contributed by atoms with Crippen molar-refractivity contribution in [3.8, 4) is 12.3 Å². The van der Waals surface area contributed by atoms with Gasteiger partial charge in [0.05, 0.1) is 13.2 Å². The molecule has 0 spiro atoms. The first-order valence-electron chi connectivity index (χ1n) is 6.72. The standard InChI is InChI=1S/C17H21IO3/c1-5-9-16(2,3)11-21-12-17(4,15(19)20)13-7-6-8-14(18)10-13/h1,6-8,10H,9,11-12H2,2-4H3,(H,19,20). The summed E-state index contributed by atoms with van der Waals surface area (Å²) in [6.45, 7) is 6.27. The van der Waals surface area contributed by atoms with Gasteiger partial charge in [-0.05, 0) is 52.6 Å². The van der Waals surface area contributed by atoms with E-state index in [0.717, 1.165) is 9.13 Å². The third kappa shape index (κ3) is 5.01. The van der Waals surface area contributed by atoms with E-state index in [1.807, 2.05) is 38.1 Å². The van der Waals surface area contributed by atoms with Gasteiger partial charge >= 0.3 is 5.97 Å². The van der Waals surface area contributed by atoms with Crippen LogP contribution in [-0.4, -0.2) is 24.3 Å². The normalized spacial score (nSPS) is 14.2. The first-order valence-corrected chi connectivity index (χ1v) is 7.80. The van der Waals surface area contributed by atoms with Crippen molar-refractivity contribution in [2.45, 2.75) is 32.6 Å². The lowest BCUT2D eigenvalue weighted by Gasteiger charge is -2.28. The van der Waals surface area contributed by atoms with Gasteiger partial charge in [0.1, 0.15) is 5.41 Å². The Morgan fingerprint density at radius 3 is 2.57 bits per heavy atom. The van der Waals surface area contributed by atoms with Crippen LogP contribution in [-0.2, 0) is 14.9 Å². The van der Waals surface area contributed by atoms with E-state index in [9.17, 15) is 9.90 Å². The second-order valence-corrected chi connectivity index (χ2v) is 7.43. The highest BCUT2D eigenvalue weighted by molar-refractivity contribution is 14.1. The van der Waals surface area contributed by atoms with Gasteiger partial charge in [-0.3, -0.25) is 4.79 Å². The van der Waals surface area contributed by atoms with Crippen molar-refractivity contribution in [1.82, 2.24) is 0 Å². The van der Waals surface area contributed by atoms with Crippen molar-refractivity contribution < 1.29 is 14.6 Å². The van der Waals surface area contributed by atoms with E-state index >= 15 is 0 Å². The average Bonchev–Trinajstić information content (AvgIpc) is 2.37. The van der Waals surface area contributed by atoms with E-state index in [-0.39, 0.29) is 12.0 Å². The maximum Gasteiger partial charge on any atom is 0.316 e. The predicted octanol–water partition coefficient (Wildman–Crippen LogP) is 3.70. The summed E-state index contributed by atoms with van der Waals surface area (Å²) in [5.41, 5.74) is -0.469. The van der Waals surface area contributed by atoms with Crippen LogP contribution in [0.3, 0.4) is 0 Å². The van der Waals surface area contributed by atoms with Crippen LogP contribution in [0.5, 0.6) is 0 Å². The molecule has 1 N–H and O–H groups in total. The molecule has 0 bridgehead atoms. The largest absolute Gasteiger partial charge is 0.481 e. The number of rotatable bonds is 7. The molecule has 1 aromatic carbocycles. The fraction of sp³-hybridized carbons (Fsp3) is 0.471. The van der Waals surface area contributed by atoms with E-state index in [1.54, 1.807) is 6.92 Å². The van der Waals surface area contributed by atoms with Crippen molar-refractivity contribution in [3.05, 3.63) is 33.4 Å². The molecule has 0 aliphatic heterocycles. The lowest BCUT2D eigenvalue weighted by molar-refractivity contribution is -0.146. The number of ether oxygens (including phenoxy) is 1. The van der Waals surface area contributed by atoms with Crippen LogP contribution >= 0.6 is 22.6 Å². The smallest absolute Gasteiger partial charge is 0.316 e. The summed E-state index contributed by atoms with van der Waals surface area (Å²) in [5.74, 6) is 1.73. The number of carboxylic acid groups (broad SMARTS) is 1. The molecular formula is C17H21IO3. The minimum Gasteiger partial charge on any atom is -0.481 e. The Morgan fingerprint density at radius 1 is 1.38 bits per heavy atom. The summed E-state index contributed by atoms with van der Waals surface area (Å²) >= 11 is 2.17. The van der Waals surface area contributed by atoms with Crippen LogP contribution in [0.1, 0.15) is 32.8 Å². The van der Waals surface area contributed by atoms with E-state index in [0.29, 0.717) is 13.0 Å². The Morgan fingerprint density at radius 2 is 2.05 bits per heavy atom. The molecule has 3 nitrogen and oxygen atoms in total. The maximum atomic E-state index is 11.7. The minimum atomic E-state index is -1.06. The minimum absolute atomic E-state index is 0.121. The van der Waals surface area contributed by atoms with Crippen molar-refractivity contribution in [2.24, 2.45) is 5.41 Å². The van der Waals surface area contributed by atoms with Crippen LogP contribution < -0.4 is 0 Å².